The van der Waals surface area contributed by atoms with Crippen LogP contribution in [-0.2, 0) is 9.84 Å². The Morgan fingerprint density at radius 3 is 1.78 bits per heavy atom. The Hall–Kier alpha value is -3.17. The Balaban J connectivity index is 1.79. The molecule has 0 spiro atoms. The Labute approximate surface area is 190 Å². The van der Waals surface area contributed by atoms with Gasteiger partial charge in [-0.3, -0.25) is 0 Å². The fourth-order valence-corrected chi connectivity index (χ4v) is 7.16. The van der Waals surface area contributed by atoms with Gasteiger partial charge in [0.2, 0.25) is 0 Å². The van der Waals surface area contributed by atoms with Crippen molar-refractivity contribution in [3.05, 3.63) is 137 Å². The first-order valence-corrected chi connectivity index (χ1v) is 12.5. The van der Waals surface area contributed by atoms with Gasteiger partial charge >= 0.3 is 0 Å². The molecule has 5 rings (SSSR count). The molecule has 3 atom stereocenters. The van der Waals surface area contributed by atoms with Crippen LogP contribution in [0.25, 0.3) is 0 Å². The second kappa shape index (κ2) is 8.07. The van der Waals surface area contributed by atoms with Crippen LogP contribution >= 0.6 is 0 Å². The number of sulfone groups is 1. The first-order valence-electron chi connectivity index (χ1n) is 11.0. The van der Waals surface area contributed by atoms with E-state index in [-0.39, 0.29) is 11.8 Å². The van der Waals surface area contributed by atoms with E-state index in [0.717, 1.165) is 33.4 Å². The molecule has 0 saturated carbocycles. The fourth-order valence-electron chi connectivity index (χ4n) is 5.11. The van der Waals surface area contributed by atoms with Crippen LogP contribution in [0.15, 0.2) is 108 Å². The normalized spacial score (nSPS) is 20.1. The molecule has 1 aliphatic rings. The van der Waals surface area contributed by atoms with Crippen molar-refractivity contribution < 1.29 is 8.42 Å². The third-order valence-corrected chi connectivity index (χ3v) is 8.74. The second-order valence-corrected chi connectivity index (χ2v) is 10.8. The summed E-state index contributed by atoms with van der Waals surface area (Å²) in [5, 5.41) is -0.646. The van der Waals surface area contributed by atoms with Crippen molar-refractivity contribution in [1.29, 1.82) is 0 Å². The van der Waals surface area contributed by atoms with Crippen LogP contribution in [0, 0.1) is 13.8 Å². The zero-order valence-electron chi connectivity index (χ0n) is 18.3. The van der Waals surface area contributed by atoms with E-state index in [4.69, 9.17) is 0 Å². The van der Waals surface area contributed by atoms with E-state index in [0.29, 0.717) is 4.90 Å². The van der Waals surface area contributed by atoms with Gasteiger partial charge in [-0.05, 0) is 48.2 Å². The molecule has 0 N–H and O–H groups in total. The minimum atomic E-state index is -3.62. The number of benzene rings is 4. The van der Waals surface area contributed by atoms with Gasteiger partial charge in [-0.15, -0.1) is 0 Å². The lowest BCUT2D eigenvalue weighted by atomic mass is 9.81. The standard InChI is InChI=1S/C29H26O2S/c1-20-13-16-24(17-14-20)32(30,31)29-26-19-21(2)15-18-25(26)27(22-9-5-3-6-10-22)28(29)23-11-7-4-8-12-23/h3-19,27-29H,1-2H3/t27-,28+,29+/m1/s1. The van der Waals surface area contributed by atoms with Crippen molar-refractivity contribution in [3.8, 4) is 0 Å². The van der Waals surface area contributed by atoms with E-state index >= 15 is 0 Å². The molecule has 0 aliphatic heterocycles. The minimum Gasteiger partial charge on any atom is -0.223 e. The molecule has 0 amide bonds. The number of fused-ring (bicyclic) bond motifs is 1. The highest BCUT2D eigenvalue weighted by Gasteiger charge is 2.48. The SMILES string of the molecule is Cc1ccc(S(=O)(=O)[C@H]2c3cc(C)ccc3[C@@H](c3ccccc3)[C@@H]2c2ccccc2)cc1. The highest BCUT2D eigenvalue weighted by molar-refractivity contribution is 7.91. The van der Waals surface area contributed by atoms with E-state index in [1.165, 1.54) is 0 Å². The predicted octanol–water partition coefficient (Wildman–Crippen LogP) is 6.75. The lowest BCUT2D eigenvalue weighted by Gasteiger charge is -2.27. The van der Waals surface area contributed by atoms with E-state index in [9.17, 15) is 8.42 Å². The maximum Gasteiger partial charge on any atom is 0.186 e. The Morgan fingerprint density at radius 1 is 0.594 bits per heavy atom. The first-order chi connectivity index (χ1) is 15.5. The van der Waals surface area contributed by atoms with Gasteiger partial charge in [0, 0.05) is 11.8 Å². The Bertz CT molecular complexity index is 1340. The van der Waals surface area contributed by atoms with Crippen LogP contribution in [0.3, 0.4) is 0 Å². The van der Waals surface area contributed by atoms with Gasteiger partial charge in [-0.1, -0.05) is 102 Å². The number of rotatable bonds is 4. The third kappa shape index (κ3) is 3.47. The van der Waals surface area contributed by atoms with Gasteiger partial charge in [0.1, 0.15) is 0 Å². The zero-order chi connectivity index (χ0) is 22.3. The molecule has 0 aromatic heterocycles. The van der Waals surface area contributed by atoms with Crippen molar-refractivity contribution in [2.24, 2.45) is 0 Å². The summed E-state index contributed by atoms with van der Waals surface area (Å²) in [7, 11) is -3.62. The van der Waals surface area contributed by atoms with Gasteiger partial charge in [-0.25, -0.2) is 8.42 Å². The molecule has 2 nitrogen and oxygen atoms in total. The molecule has 3 heteroatoms. The highest BCUT2D eigenvalue weighted by atomic mass is 32.2. The van der Waals surface area contributed by atoms with Crippen LogP contribution in [-0.4, -0.2) is 8.42 Å². The van der Waals surface area contributed by atoms with E-state index in [1.54, 1.807) is 12.1 Å². The summed E-state index contributed by atoms with van der Waals surface area (Å²) in [5.41, 5.74) is 6.36. The van der Waals surface area contributed by atoms with E-state index in [2.05, 4.69) is 42.5 Å². The number of aryl methyl sites for hydroxylation is 2. The van der Waals surface area contributed by atoms with Gasteiger partial charge < -0.3 is 0 Å². The van der Waals surface area contributed by atoms with Crippen LogP contribution in [0.5, 0.6) is 0 Å². The third-order valence-electron chi connectivity index (χ3n) is 6.60. The van der Waals surface area contributed by atoms with E-state index in [1.807, 2.05) is 62.4 Å². The average molecular weight is 439 g/mol. The molecule has 0 heterocycles. The fraction of sp³-hybridized carbons (Fsp3) is 0.172. The van der Waals surface area contributed by atoms with Crippen molar-refractivity contribution in [2.75, 3.05) is 0 Å². The summed E-state index contributed by atoms with van der Waals surface area (Å²) < 4.78 is 28.4. The van der Waals surface area contributed by atoms with Crippen LogP contribution in [0.1, 0.15) is 50.5 Å². The largest absolute Gasteiger partial charge is 0.223 e. The van der Waals surface area contributed by atoms with Gasteiger partial charge in [-0.2, -0.15) is 0 Å². The van der Waals surface area contributed by atoms with Crippen LogP contribution in [0.4, 0.5) is 0 Å². The smallest absolute Gasteiger partial charge is 0.186 e. The monoisotopic (exact) mass is 438 g/mol. The molecule has 0 saturated heterocycles. The molecular weight excluding hydrogens is 412 g/mol. The maximum atomic E-state index is 14.2. The number of hydrogen-bond acceptors (Lipinski definition) is 2. The minimum absolute atomic E-state index is 0.0283. The summed E-state index contributed by atoms with van der Waals surface area (Å²) in [4.78, 5) is 0.384. The van der Waals surface area contributed by atoms with Crippen LogP contribution in [0.2, 0.25) is 0 Å². The topological polar surface area (TPSA) is 34.1 Å². The summed E-state index contributed by atoms with van der Waals surface area (Å²) in [6, 6.07) is 34.0. The molecule has 1 aliphatic carbocycles. The molecule has 32 heavy (non-hydrogen) atoms. The van der Waals surface area contributed by atoms with Gasteiger partial charge in [0.25, 0.3) is 0 Å². The lowest BCUT2D eigenvalue weighted by Crippen LogP contribution is -2.20. The summed E-state index contributed by atoms with van der Waals surface area (Å²) in [6.07, 6.45) is 0. The zero-order valence-corrected chi connectivity index (χ0v) is 19.1. The maximum absolute atomic E-state index is 14.2. The molecule has 4 aromatic rings. The van der Waals surface area contributed by atoms with E-state index < -0.39 is 15.1 Å². The molecule has 0 bridgehead atoms. The highest BCUT2D eigenvalue weighted by Crippen LogP contribution is 2.58. The van der Waals surface area contributed by atoms with Crippen molar-refractivity contribution in [2.45, 2.75) is 35.8 Å². The Morgan fingerprint density at radius 2 is 1.16 bits per heavy atom. The number of hydrogen-bond donors (Lipinski definition) is 0. The van der Waals surface area contributed by atoms with Crippen molar-refractivity contribution in [3.63, 3.8) is 0 Å². The molecule has 0 radical (unpaired) electrons. The predicted molar refractivity (Wildman–Crippen MR) is 130 cm³/mol. The lowest BCUT2D eigenvalue weighted by molar-refractivity contribution is 0.555. The summed E-state index contributed by atoms with van der Waals surface area (Å²) in [5.74, 6) is -0.235. The molecule has 0 unspecified atom stereocenters. The molecule has 4 aromatic carbocycles. The van der Waals surface area contributed by atoms with Gasteiger partial charge in [0.05, 0.1) is 10.1 Å². The van der Waals surface area contributed by atoms with Crippen LogP contribution < -0.4 is 0 Å². The average Bonchev–Trinajstić information content (AvgIpc) is 3.15. The molecule has 0 fully saturated rings. The molecular formula is C29H26O2S. The van der Waals surface area contributed by atoms with Crippen molar-refractivity contribution in [1.82, 2.24) is 0 Å². The second-order valence-electron chi connectivity index (χ2n) is 8.74. The van der Waals surface area contributed by atoms with Gasteiger partial charge in [0.15, 0.2) is 9.84 Å². The van der Waals surface area contributed by atoms with Crippen molar-refractivity contribution >= 4 is 9.84 Å². The summed E-state index contributed by atoms with van der Waals surface area (Å²) in [6.45, 7) is 4.01. The quantitative estimate of drug-likeness (QED) is 0.353. The molecule has 160 valence electrons. The first kappa shape index (κ1) is 20.7. The Kier molecular flexibility index (Phi) is 5.22. The summed E-state index contributed by atoms with van der Waals surface area (Å²) >= 11 is 0.